The molecule has 0 saturated carbocycles. The van der Waals surface area contributed by atoms with Gasteiger partial charge >= 0.3 is 5.97 Å². The maximum Gasteiger partial charge on any atom is 0.325 e. The van der Waals surface area contributed by atoms with Gasteiger partial charge in [0.15, 0.2) is 0 Å². The van der Waals surface area contributed by atoms with Gasteiger partial charge in [-0.15, -0.1) is 0 Å². The van der Waals surface area contributed by atoms with Gasteiger partial charge in [0.05, 0.1) is 0 Å². The van der Waals surface area contributed by atoms with Gasteiger partial charge in [-0.25, -0.2) is 0 Å². The summed E-state index contributed by atoms with van der Waals surface area (Å²) in [7, 11) is 0. The molecule has 0 spiro atoms. The molecule has 120 valence electrons. The van der Waals surface area contributed by atoms with Crippen LogP contribution in [0.2, 0.25) is 0 Å². The molecule has 1 rings (SSSR count). The fourth-order valence-corrected chi connectivity index (χ4v) is 1.56. The van der Waals surface area contributed by atoms with Gasteiger partial charge in [0.1, 0.15) is 6.04 Å². The topological polar surface area (TPSA) is 95.5 Å². The first kappa shape index (κ1) is 17.7. The van der Waals surface area contributed by atoms with Crippen molar-refractivity contribution in [1.29, 1.82) is 0 Å². The van der Waals surface area contributed by atoms with Gasteiger partial charge in [0.2, 0.25) is 0 Å². The third-order valence-electron chi connectivity index (χ3n) is 2.91. The summed E-state index contributed by atoms with van der Waals surface area (Å²) in [5.41, 5.74) is 0.746. The van der Waals surface area contributed by atoms with E-state index >= 15 is 0 Å². The van der Waals surface area contributed by atoms with Crippen LogP contribution in [0.25, 0.3) is 0 Å². The van der Waals surface area contributed by atoms with Crippen LogP contribution in [0.15, 0.2) is 24.3 Å². The zero-order chi connectivity index (χ0) is 16.9. The molecule has 2 amide bonds. The number of benzene rings is 1. The van der Waals surface area contributed by atoms with E-state index < -0.39 is 17.9 Å². The Hall–Kier alpha value is -2.37. The van der Waals surface area contributed by atoms with Crippen molar-refractivity contribution in [2.75, 3.05) is 6.54 Å². The first-order chi connectivity index (χ1) is 10.1. The highest BCUT2D eigenvalue weighted by molar-refractivity contribution is 5.98. The van der Waals surface area contributed by atoms with Crippen LogP contribution in [-0.2, 0) is 4.79 Å². The van der Waals surface area contributed by atoms with Crippen molar-refractivity contribution in [3.8, 4) is 0 Å². The Kier molecular flexibility index (Phi) is 5.68. The molecular formula is C16H22N2O4. The van der Waals surface area contributed by atoms with Crippen molar-refractivity contribution in [3.63, 3.8) is 0 Å². The lowest BCUT2D eigenvalue weighted by Gasteiger charge is -2.18. The minimum absolute atomic E-state index is 0.0115. The van der Waals surface area contributed by atoms with Crippen LogP contribution in [0.3, 0.4) is 0 Å². The number of hydrogen-bond acceptors (Lipinski definition) is 3. The second-order valence-electron chi connectivity index (χ2n) is 6.35. The summed E-state index contributed by atoms with van der Waals surface area (Å²) in [4.78, 5) is 34.5. The van der Waals surface area contributed by atoms with E-state index in [4.69, 9.17) is 5.11 Å². The lowest BCUT2D eigenvalue weighted by Crippen LogP contribution is -2.38. The molecule has 0 saturated heterocycles. The van der Waals surface area contributed by atoms with Gasteiger partial charge in [-0.05, 0) is 36.6 Å². The molecule has 0 unspecified atom stereocenters. The highest BCUT2D eigenvalue weighted by Crippen LogP contribution is 2.11. The Morgan fingerprint density at radius 1 is 1.05 bits per heavy atom. The molecule has 6 nitrogen and oxygen atoms in total. The van der Waals surface area contributed by atoms with E-state index in [9.17, 15) is 14.4 Å². The number of nitrogens with one attached hydrogen (secondary N) is 2. The second kappa shape index (κ2) is 7.06. The fraction of sp³-hybridized carbons (Fsp3) is 0.438. The van der Waals surface area contributed by atoms with Gasteiger partial charge in [-0.3, -0.25) is 14.4 Å². The number of carboxylic acids is 1. The zero-order valence-corrected chi connectivity index (χ0v) is 13.3. The lowest BCUT2D eigenvalue weighted by molar-refractivity contribution is -0.138. The molecule has 0 radical (unpaired) electrons. The van der Waals surface area contributed by atoms with E-state index in [1.54, 1.807) is 12.1 Å². The summed E-state index contributed by atoms with van der Waals surface area (Å²) in [5, 5.41) is 13.9. The van der Waals surface area contributed by atoms with E-state index in [1.807, 2.05) is 20.8 Å². The van der Waals surface area contributed by atoms with Crippen LogP contribution >= 0.6 is 0 Å². The highest BCUT2D eigenvalue weighted by atomic mass is 16.4. The average Bonchev–Trinajstić information content (AvgIpc) is 2.43. The first-order valence-electron chi connectivity index (χ1n) is 7.02. The maximum atomic E-state index is 12.0. The molecule has 0 fully saturated rings. The summed E-state index contributed by atoms with van der Waals surface area (Å²) in [6.07, 6.45) is 0. The van der Waals surface area contributed by atoms with E-state index in [2.05, 4.69) is 10.6 Å². The normalized spacial score (nSPS) is 12.4. The molecule has 1 atom stereocenters. The average molecular weight is 306 g/mol. The van der Waals surface area contributed by atoms with E-state index in [1.165, 1.54) is 19.1 Å². The van der Waals surface area contributed by atoms with Gasteiger partial charge < -0.3 is 15.7 Å². The third kappa shape index (κ3) is 5.55. The van der Waals surface area contributed by atoms with E-state index in [0.29, 0.717) is 17.7 Å². The predicted molar refractivity (Wildman–Crippen MR) is 82.8 cm³/mol. The molecule has 0 heterocycles. The van der Waals surface area contributed by atoms with Crippen LogP contribution in [-0.4, -0.2) is 35.5 Å². The van der Waals surface area contributed by atoms with Crippen LogP contribution in [0.4, 0.5) is 0 Å². The predicted octanol–water partition coefficient (Wildman–Crippen LogP) is 1.67. The van der Waals surface area contributed by atoms with Gasteiger partial charge in [-0.2, -0.15) is 0 Å². The van der Waals surface area contributed by atoms with Crippen LogP contribution in [0.5, 0.6) is 0 Å². The molecule has 0 aliphatic heterocycles. The number of amides is 2. The van der Waals surface area contributed by atoms with E-state index in [-0.39, 0.29) is 11.3 Å². The number of aliphatic carboxylic acids is 1. The molecule has 0 bridgehead atoms. The number of carbonyl (C=O) groups excluding carboxylic acids is 2. The molecule has 1 aromatic carbocycles. The monoisotopic (exact) mass is 306 g/mol. The fourth-order valence-electron chi connectivity index (χ4n) is 1.56. The maximum absolute atomic E-state index is 12.0. The van der Waals surface area contributed by atoms with Crippen molar-refractivity contribution < 1.29 is 19.5 Å². The Bertz CT molecular complexity index is 559. The highest BCUT2D eigenvalue weighted by Gasteiger charge is 2.16. The van der Waals surface area contributed by atoms with Crippen molar-refractivity contribution in [1.82, 2.24) is 10.6 Å². The molecule has 22 heavy (non-hydrogen) atoms. The molecular weight excluding hydrogens is 284 g/mol. The zero-order valence-electron chi connectivity index (χ0n) is 13.3. The number of rotatable bonds is 5. The van der Waals surface area contributed by atoms with Crippen molar-refractivity contribution in [2.24, 2.45) is 5.41 Å². The summed E-state index contributed by atoms with van der Waals surface area (Å²) in [6, 6.07) is 5.10. The smallest absolute Gasteiger partial charge is 0.325 e. The largest absolute Gasteiger partial charge is 0.480 e. The Balaban J connectivity index is 2.68. The summed E-state index contributed by atoms with van der Waals surface area (Å²) >= 11 is 0. The van der Waals surface area contributed by atoms with Crippen molar-refractivity contribution >= 4 is 17.8 Å². The summed E-state index contributed by atoms with van der Waals surface area (Å²) < 4.78 is 0. The van der Waals surface area contributed by atoms with Crippen molar-refractivity contribution in [2.45, 2.75) is 33.7 Å². The summed E-state index contributed by atoms with van der Waals surface area (Å²) in [6.45, 7) is 7.98. The Labute approximate surface area is 129 Å². The van der Waals surface area contributed by atoms with Gasteiger partial charge in [0, 0.05) is 17.7 Å². The molecule has 0 aromatic heterocycles. The number of carbonyl (C=O) groups is 3. The van der Waals surface area contributed by atoms with Gasteiger partial charge in [0.25, 0.3) is 11.8 Å². The van der Waals surface area contributed by atoms with Crippen LogP contribution < -0.4 is 10.6 Å². The third-order valence-corrected chi connectivity index (χ3v) is 2.91. The van der Waals surface area contributed by atoms with Crippen LogP contribution in [0.1, 0.15) is 48.4 Å². The minimum atomic E-state index is -1.11. The van der Waals surface area contributed by atoms with E-state index in [0.717, 1.165) is 0 Å². The first-order valence-corrected chi connectivity index (χ1v) is 7.02. The lowest BCUT2D eigenvalue weighted by atomic mass is 9.97. The number of hydrogen-bond donors (Lipinski definition) is 3. The molecule has 0 aliphatic rings. The molecule has 3 N–H and O–H groups in total. The quantitative estimate of drug-likeness (QED) is 0.771. The van der Waals surface area contributed by atoms with Gasteiger partial charge in [-0.1, -0.05) is 20.8 Å². The SMILES string of the molecule is C[C@H](NC(=O)c1ccc(C(=O)NCC(C)(C)C)cc1)C(=O)O. The molecule has 1 aromatic rings. The number of carboxylic acid groups (broad SMARTS) is 1. The minimum Gasteiger partial charge on any atom is -0.480 e. The van der Waals surface area contributed by atoms with Crippen molar-refractivity contribution in [3.05, 3.63) is 35.4 Å². The Morgan fingerprint density at radius 3 is 1.91 bits per heavy atom. The van der Waals surface area contributed by atoms with Crippen LogP contribution in [0, 0.1) is 5.41 Å². The molecule has 6 heteroatoms. The molecule has 0 aliphatic carbocycles. The second-order valence-corrected chi connectivity index (χ2v) is 6.35. The Morgan fingerprint density at radius 2 is 1.50 bits per heavy atom. The standard InChI is InChI=1S/C16H22N2O4/c1-10(15(21)22)18-14(20)12-7-5-11(6-8-12)13(19)17-9-16(2,3)4/h5-8,10H,9H2,1-4H3,(H,17,19)(H,18,20)(H,21,22)/t10-/m0/s1. The summed E-state index contributed by atoms with van der Waals surface area (Å²) in [5.74, 6) is -1.80.